The molecule has 1 unspecified atom stereocenters. The molecule has 1 aromatic heterocycles. The number of fused-ring (bicyclic) bond motifs is 1. The van der Waals surface area contributed by atoms with Gasteiger partial charge in [-0.1, -0.05) is 31.0 Å². The number of para-hydroxylation sites is 1. The van der Waals surface area contributed by atoms with Gasteiger partial charge in [-0.15, -0.1) is 0 Å². The second-order valence-electron chi connectivity index (χ2n) is 6.12. The summed E-state index contributed by atoms with van der Waals surface area (Å²) in [5, 5.41) is 14.4. The summed E-state index contributed by atoms with van der Waals surface area (Å²) in [7, 11) is 0. The van der Waals surface area contributed by atoms with Gasteiger partial charge in [0.2, 0.25) is 5.91 Å². The van der Waals surface area contributed by atoms with Crippen LogP contribution in [0.3, 0.4) is 0 Å². The highest BCUT2D eigenvalue weighted by atomic mass is 16.4. The fraction of sp³-hybridized carbons (Fsp3) is 0.471. The van der Waals surface area contributed by atoms with E-state index >= 15 is 0 Å². The lowest BCUT2D eigenvalue weighted by atomic mass is 10.0. The smallest absolute Gasteiger partial charge is 0.223 e. The Labute approximate surface area is 124 Å². The highest BCUT2D eigenvalue weighted by Gasteiger charge is 2.30. The van der Waals surface area contributed by atoms with Gasteiger partial charge < -0.3 is 14.8 Å². The van der Waals surface area contributed by atoms with E-state index in [9.17, 15) is 9.90 Å². The molecule has 0 aliphatic heterocycles. The van der Waals surface area contributed by atoms with Crippen molar-refractivity contribution in [2.75, 3.05) is 6.54 Å². The zero-order valence-corrected chi connectivity index (χ0v) is 12.3. The Morgan fingerprint density at radius 2 is 2.10 bits per heavy atom. The van der Waals surface area contributed by atoms with Crippen molar-refractivity contribution in [3.63, 3.8) is 0 Å². The number of hydrogen-bond acceptors (Lipinski definition) is 3. The van der Waals surface area contributed by atoms with E-state index in [1.807, 2.05) is 30.3 Å². The third kappa shape index (κ3) is 2.95. The molecule has 1 aliphatic carbocycles. The Kier molecular flexibility index (Phi) is 3.72. The number of benzene rings is 1. The number of rotatable bonds is 4. The molecule has 1 amide bonds. The van der Waals surface area contributed by atoms with Crippen LogP contribution in [0.4, 0.5) is 0 Å². The van der Waals surface area contributed by atoms with Crippen LogP contribution in [-0.4, -0.2) is 17.6 Å². The van der Waals surface area contributed by atoms with Crippen LogP contribution in [0.15, 0.2) is 34.7 Å². The first kappa shape index (κ1) is 14.1. The van der Waals surface area contributed by atoms with Crippen LogP contribution in [0.1, 0.15) is 38.4 Å². The zero-order chi connectivity index (χ0) is 14.9. The lowest BCUT2D eigenvalue weighted by Gasteiger charge is -2.22. The Morgan fingerprint density at radius 1 is 1.38 bits per heavy atom. The van der Waals surface area contributed by atoms with Gasteiger partial charge >= 0.3 is 0 Å². The highest BCUT2D eigenvalue weighted by Crippen LogP contribution is 2.28. The summed E-state index contributed by atoms with van der Waals surface area (Å²) in [6.07, 6.45) is 4.16. The van der Waals surface area contributed by atoms with E-state index in [1.54, 1.807) is 6.92 Å². The molecule has 2 N–H and O–H groups in total. The monoisotopic (exact) mass is 287 g/mol. The topological polar surface area (TPSA) is 62.5 Å². The van der Waals surface area contributed by atoms with Crippen LogP contribution in [0, 0.1) is 5.92 Å². The fourth-order valence-electron chi connectivity index (χ4n) is 2.93. The molecular formula is C17H21NO3. The van der Waals surface area contributed by atoms with Gasteiger partial charge in [0, 0.05) is 11.3 Å². The molecule has 1 aromatic carbocycles. The average molecular weight is 287 g/mol. The van der Waals surface area contributed by atoms with Gasteiger partial charge in [-0.25, -0.2) is 0 Å². The molecular weight excluding hydrogens is 266 g/mol. The van der Waals surface area contributed by atoms with Crippen molar-refractivity contribution in [2.45, 2.75) is 38.2 Å². The van der Waals surface area contributed by atoms with Crippen molar-refractivity contribution in [1.82, 2.24) is 5.32 Å². The van der Waals surface area contributed by atoms with E-state index < -0.39 is 5.60 Å². The predicted molar refractivity (Wildman–Crippen MR) is 80.8 cm³/mol. The van der Waals surface area contributed by atoms with E-state index in [-0.39, 0.29) is 18.4 Å². The van der Waals surface area contributed by atoms with Crippen molar-refractivity contribution in [3.8, 4) is 0 Å². The Hall–Kier alpha value is -1.81. The molecule has 1 fully saturated rings. The minimum absolute atomic E-state index is 0.0453. The largest absolute Gasteiger partial charge is 0.458 e. The highest BCUT2D eigenvalue weighted by molar-refractivity contribution is 5.79. The average Bonchev–Trinajstić information content (AvgIpc) is 3.13. The van der Waals surface area contributed by atoms with Gasteiger partial charge in [-0.3, -0.25) is 4.79 Å². The fourth-order valence-corrected chi connectivity index (χ4v) is 2.93. The van der Waals surface area contributed by atoms with Gasteiger partial charge in [0.25, 0.3) is 0 Å². The van der Waals surface area contributed by atoms with Gasteiger partial charge in [-0.05, 0) is 31.9 Å². The molecule has 4 nitrogen and oxygen atoms in total. The molecule has 1 atom stereocenters. The number of carbonyl (C=O) groups is 1. The number of nitrogens with one attached hydrogen (secondary N) is 1. The molecule has 0 radical (unpaired) electrons. The molecule has 112 valence electrons. The van der Waals surface area contributed by atoms with E-state index in [4.69, 9.17) is 4.42 Å². The number of furan rings is 1. The molecule has 3 rings (SSSR count). The standard InChI is InChI=1S/C17H21NO3/c1-17(20,11-18-16(19)12-6-2-3-7-12)15-10-13-8-4-5-9-14(13)21-15/h4-5,8-10,12,20H,2-3,6-7,11H2,1H3,(H,18,19). The first-order valence-corrected chi connectivity index (χ1v) is 7.55. The molecule has 21 heavy (non-hydrogen) atoms. The second-order valence-corrected chi connectivity index (χ2v) is 6.12. The maximum absolute atomic E-state index is 12.0. The van der Waals surface area contributed by atoms with Gasteiger partial charge in [0.05, 0.1) is 6.54 Å². The molecule has 1 heterocycles. The van der Waals surface area contributed by atoms with E-state index in [0.29, 0.717) is 5.76 Å². The SMILES string of the molecule is CC(O)(CNC(=O)C1CCCC1)c1cc2ccccc2o1. The quantitative estimate of drug-likeness (QED) is 0.908. The van der Waals surface area contributed by atoms with Crippen molar-refractivity contribution in [1.29, 1.82) is 0 Å². The van der Waals surface area contributed by atoms with E-state index in [1.165, 1.54) is 0 Å². The minimum Gasteiger partial charge on any atom is -0.458 e. The van der Waals surface area contributed by atoms with Crippen molar-refractivity contribution in [3.05, 3.63) is 36.1 Å². The summed E-state index contributed by atoms with van der Waals surface area (Å²) in [6, 6.07) is 9.46. The molecule has 1 aliphatic rings. The van der Waals surface area contributed by atoms with Crippen molar-refractivity contribution < 1.29 is 14.3 Å². The van der Waals surface area contributed by atoms with E-state index in [0.717, 1.165) is 36.7 Å². The Bertz CT molecular complexity index is 605. The molecule has 2 aromatic rings. The second kappa shape index (κ2) is 5.53. The summed E-state index contributed by atoms with van der Waals surface area (Å²) < 4.78 is 5.69. The molecule has 0 saturated heterocycles. The predicted octanol–water partition coefficient (Wildman–Crippen LogP) is 2.95. The van der Waals surface area contributed by atoms with Gasteiger partial charge in [0.1, 0.15) is 16.9 Å². The van der Waals surface area contributed by atoms with Crippen LogP contribution in [0.25, 0.3) is 11.0 Å². The summed E-state index contributed by atoms with van der Waals surface area (Å²) >= 11 is 0. The van der Waals surface area contributed by atoms with Crippen molar-refractivity contribution >= 4 is 16.9 Å². The first-order valence-electron chi connectivity index (χ1n) is 7.55. The molecule has 0 spiro atoms. The zero-order valence-electron chi connectivity index (χ0n) is 12.3. The number of aliphatic hydroxyl groups is 1. The van der Waals surface area contributed by atoms with Crippen LogP contribution in [-0.2, 0) is 10.4 Å². The summed E-state index contributed by atoms with van der Waals surface area (Å²) in [5.41, 5.74) is -0.456. The number of hydrogen-bond donors (Lipinski definition) is 2. The normalized spacial score (nSPS) is 18.8. The Morgan fingerprint density at radius 3 is 2.81 bits per heavy atom. The lowest BCUT2D eigenvalue weighted by Crippen LogP contribution is -2.40. The third-order valence-electron chi connectivity index (χ3n) is 4.29. The third-order valence-corrected chi connectivity index (χ3v) is 4.29. The Balaban J connectivity index is 1.69. The van der Waals surface area contributed by atoms with E-state index in [2.05, 4.69) is 5.32 Å². The molecule has 4 heteroatoms. The first-order chi connectivity index (χ1) is 10.1. The summed E-state index contributed by atoms with van der Waals surface area (Å²) in [4.78, 5) is 12.0. The van der Waals surface area contributed by atoms with Crippen LogP contribution < -0.4 is 5.32 Å². The molecule has 0 bridgehead atoms. The number of carbonyl (C=O) groups excluding carboxylic acids is 1. The minimum atomic E-state index is -1.20. The lowest BCUT2D eigenvalue weighted by molar-refractivity contribution is -0.126. The van der Waals surface area contributed by atoms with Gasteiger partial charge in [0.15, 0.2) is 0 Å². The van der Waals surface area contributed by atoms with Gasteiger partial charge in [-0.2, -0.15) is 0 Å². The maximum atomic E-state index is 12.0. The van der Waals surface area contributed by atoms with Crippen molar-refractivity contribution in [2.24, 2.45) is 5.92 Å². The van der Waals surface area contributed by atoms with Crippen LogP contribution in [0.2, 0.25) is 0 Å². The van der Waals surface area contributed by atoms with Crippen LogP contribution >= 0.6 is 0 Å². The maximum Gasteiger partial charge on any atom is 0.223 e. The summed E-state index contributed by atoms with van der Waals surface area (Å²) in [6.45, 7) is 1.84. The molecule has 1 saturated carbocycles. The number of amides is 1. The van der Waals surface area contributed by atoms with Crippen LogP contribution in [0.5, 0.6) is 0 Å². The summed E-state index contributed by atoms with van der Waals surface area (Å²) in [5.74, 6) is 0.635.